The lowest BCUT2D eigenvalue weighted by Crippen LogP contribution is -3.00. The number of hydrazone groups is 1. The number of hydrogen-bond donors (Lipinski definition) is 1. The molecule has 1 aromatic heterocycles. The summed E-state index contributed by atoms with van der Waals surface area (Å²) < 4.78 is 7.11. The molecule has 2 heterocycles. The molecular weight excluding hydrogens is 356 g/mol. The maximum atomic E-state index is 11.9. The molecule has 0 bridgehead atoms. The minimum Gasteiger partial charge on any atom is -1.00 e. The molecule has 0 aromatic carbocycles. The van der Waals surface area contributed by atoms with Crippen molar-refractivity contribution >= 4 is 17.7 Å². The molecule has 144 valence electrons. The molecule has 0 saturated carbocycles. The number of nitrogens with zero attached hydrogens (tertiary/aromatic N) is 3. The number of rotatable bonds is 5. The second kappa shape index (κ2) is 9.52. The van der Waals surface area contributed by atoms with Crippen LogP contribution in [0.4, 0.5) is 4.79 Å². The minimum absolute atomic E-state index is 0. The molecule has 26 heavy (non-hydrogen) atoms. The zero-order valence-corrected chi connectivity index (χ0v) is 16.5. The molecule has 8 heteroatoms. The zero-order valence-electron chi connectivity index (χ0n) is 15.7. The topological polar surface area (TPSA) is 74.9 Å². The molecule has 1 aliphatic heterocycles. The lowest BCUT2D eigenvalue weighted by molar-refractivity contribution is -0.684. The second-order valence-electron chi connectivity index (χ2n) is 7.39. The first-order chi connectivity index (χ1) is 11.7. The highest BCUT2D eigenvalue weighted by Gasteiger charge is 2.33. The van der Waals surface area contributed by atoms with Gasteiger partial charge in [0.15, 0.2) is 12.4 Å². The summed E-state index contributed by atoms with van der Waals surface area (Å²) in [6.07, 6.45) is 4.13. The Morgan fingerprint density at radius 3 is 2.42 bits per heavy atom. The third kappa shape index (κ3) is 7.39. The van der Waals surface area contributed by atoms with Gasteiger partial charge in [-0.2, -0.15) is 9.67 Å². The largest absolute Gasteiger partial charge is 1.00 e. The van der Waals surface area contributed by atoms with E-state index < -0.39 is 5.60 Å². The number of carbonyl (C=O) groups excluding carboxylic acids is 2. The average Bonchev–Trinajstić information content (AvgIpc) is 2.47. The summed E-state index contributed by atoms with van der Waals surface area (Å²) in [4.78, 5) is 25.4. The Morgan fingerprint density at radius 1 is 1.23 bits per heavy atom. The minimum atomic E-state index is -0.472. The molecule has 1 aromatic rings. The van der Waals surface area contributed by atoms with Gasteiger partial charge in [-0.3, -0.25) is 4.79 Å². The van der Waals surface area contributed by atoms with E-state index in [0.29, 0.717) is 19.0 Å². The van der Waals surface area contributed by atoms with Gasteiger partial charge in [0.2, 0.25) is 6.54 Å². The van der Waals surface area contributed by atoms with Gasteiger partial charge >= 0.3 is 12.0 Å². The number of amides is 2. The van der Waals surface area contributed by atoms with Gasteiger partial charge in [-0.15, -0.1) is 0 Å². The number of likely N-dealkylation sites (tertiary alicyclic amines) is 1. The molecule has 2 rings (SSSR count). The summed E-state index contributed by atoms with van der Waals surface area (Å²) in [7, 11) is 0. The molecule has 1 aliphatic rings. The van der Waals surface area contributed by atoms with Crippen molar-refractivity contribution in [3.63, 3.8) is 0 Å². The number of hydrogen-bond acceptors (Lipinski definition) is 4. The van der Waals surface area contributed by atoms with Crippen LogP contribution in [0.1, 0.15) is 34.1 Å². The van der Waals surface area contributed by atoms with Gasteiger partial charge in [0, 0.05) is 30.9 Å². The van der Waals surface area contributed by atoms with Gasteiger partial charge in [-0.25, -0.2) is 10.2 Å². The van der Waals surface area contributed by atoms with E-state index in [2.05, 4.69) is 10.5 Å². The smallest absolute Gasteiger partial charge is 0.410 e. The third-order valence-corrected chi connectivity index (χ3v) is 3.67. The highest BCUT2D eigenvalue weighted by atomic mass is 35.5. The van der Waals surface area contributed by atoms with Crippen LogP contribution in [0.3, 0.4) is 0 Å². The van der Waals surface area contributed by atoms with E-state index in [0.717, 1.165) is 12.1 Å². The lowest BCUT2D eigenvalue weighted by Gasteiger charge is -2.39. The van der Waals surface area contributed by atoms with Crippen molar-refractivity contribution in [3.8, 4) is 0 Å². The summed E-state index contributed by atoms with van der Waals surface area (Å²) in [5.41, 5.74) is 2.95. The molecule has 7 nitrogen and oxygen atoms in total. The van der Waals surface area contributed by atoms with Gasteiger partial charge in [0.1, 0.15) is 5.60 Å². The number of pyridine rings is 1. The fraction of sp³-hybridized carbons (Fsp3) is 0.556. The molecule has 1 saturated heterocycles. The fourth-order valence-electron chi connectivity index (χ4n) is 2.54. The van der Waals surface area contributed by atoms with Crippen molar-refractivity contribution in [2.24, 2.45) is 11.0 Å². The van der Waals surface area contributed by atoms with Gasteiger partial charge in [-0.05, 0) is 40.0 Å². The Kier molecular flexibility index (Phi) is 8.02. The van der Waals surface area contributed by atoms with E-state index in [9.17, 15) is 9.59 Å². The van der Waals surface area contributed by atoms with Crippen molar-refractivity contribution < 1.29 is 31.3 Å². The van der Waals surface area contributed by atoms with Crippen molar-refractivity contribution in [2.75, 3.05) is 13.1 Å². The zero-order chi connectivity index (χ0) is 18.4. The summed E-state index contributed by atoms with van der Waals surface area (Å²) >= 11 is 0. The van der Waals surface area contributed by atoms with Crippen LogP contribution in [0.5, 0.6) is 0 Å². The normalized spacial score (nSPS) is 14.9. The first-order valence-corrected chi connectivity index (χ1v) is 8.47. The van der Waals surface area contributed by atoms with Crippen molar-refractivity contribution in [2.45, 2.75) is 46.3 Å². The van der Waals surface area contributed by atoms with E-state index in [-0.39, 0.29) is 31.0 Å². The maximum absolute atomic E-state index is 11.9. The third-order valence-electron chi connectivity index (χ3n) is 3.67. The Hall–Kier alpha value is -2.15. The Balaban J connectivity index is 0.00000338. The number of halogens is 1. The van der Waals surface area contributed by atoms with E-state index in [1.54, 1.807) is 9.47 Å². The van der Waals surface area contributed by atoms with Crippen LogP contribution >= 0.6 is 0 Å². The summed E-state index contributed by atoms with van der Waals surface area (Å²) in [5, 5.41) is 4.14. The average molecular weight is 383 g/mol. The Bertz CT molecular complexity index is 638. The number of nitrogens with one attached hydrogen (secondary N) is 1. The van der Waals surface area contributed by atoms with Gasteiger partial charge in [0.25, 0.3) is 0 Å². The molecule has 0 unspecified atom stereocenters. The fourth-order valence-corrected chi connectivity index (χ4v) is 2.54. The predicted molar refractivity (Wildman–Crippen MR) is 93.8 cm³/mol. The van der Waals surface area contributed by atoms with Crippen LogP contribution < -0.4 is 22.4 Å². The number of ether oxygens (including phenoxy) is 1. The lowest BCUT2D eigenvalue weighted by atomic mass is 9.95. The first kappa shape index (κ1) is 21.9. The van der Waals surface area contributed by atoms with Crippen LogP contribution in [0.15, 0.2) is 35.7 Å². The number of carbonyl (C=O) groups is 2. The van der Waals surface area contributed by atoms with Crippen LogP contribution in [0, 0.1) is 5.92 Å². The summed E-state index contributed by atoms with van der Waals surface area (Å²) in [6.45, 7) is 9.00. The molecule has 0 spiro atoms. The van der Waals surface area contributed by atoms with Crippen molar-refractivity contribution in [1.29, 1.82) is 0 Å². The van der Waals surface area contributed by atoms with Gasteiger partial charge in [0.05, 0.1) is 0 Å². The van der Waals surface area contributed by atoms with E-state index in [1.807, 2.05) is 58.3 Å². The molecule has 0 radical (unpaired) electrons. The Morgan fingerprint density at radius 2 is 1.85 bits per heavy atom. The first-order valence-electron chi connectivity index (χ1n) is 8.47. The highest BCUT2D eigenvalue weighted by Crippen LogP contribution is 2.22. The molecule has 0 atom stereocenters. The van der Waals surface area contributed by atoms with Gasteiger partial charge in [-0.1, -0.05) is 6.07 Å². The molecule has 1 N–H and O–H groups in total. The maximum Gasteiger partial charge on any atom is 0.410 e. The molecule has 0 aliphatic carbocycles. The quantitative estimate of drug-likeness (QED) is 0.392. The summed E-state index contributed by atoms with van der Waals surface area (Å²) in [5.74, 6) is 0.191. The summed E-state index contributed by atoms with van der Waals surface area (Å²) in [6, 6.07) is 5.64. The predicted octanol–water partition coefficient (Wildman–Crippen LogP) is -1.27. The van der Waals surface area contributed by atoms with Crippen LogP contribution in [-0.2, 0) is 16.1 Å². The standard InChI is InChI=1S/C18H26N4O3.ClH/c1-14(19-20-16(23)13-21-8-6-5-7-9-21)10-15-11-22(12-15)17(24)25-18(2,3)4;/h5-9,15H,10-13H2,1-4H3;1H/b19-14+;. The van der Waals surface area contributed by atoms with Gasteiger partial charge < -0.3 is 22.0 Å². The SMILES string of the molecule is C/C(CC1CN(C(=O)OC(C)(C)C)C1)=N\NC(=O)C[n+]1ccccc1.[Cl-]. The highest BCUT2D eigenvalue weighted by molar-refractivity contribution is 5.84. The molecular formula is C18H27ClN4O3. The molecule has 1 fully saturated rings. The monoisotopic (exact) mass is 382 g/mol. The Labute approximate surface area is 160 Å². The van der Waals surface area contributed by atoms with Crippen molar-refractivity contribution in [1.82, 2.24) is 10.3 Å². The van der Waals surface area contributed by atoms with Crippen LogP contribution in [0.2, 0.25) is 0 Å². The second-order valence-corrected chi connectivity index (χ2v) is 7.39. The van der Waals surface area contributed by atoms with E-state index in [1.165, 1.54) is 0 Å². The number of aromatic nitrogens is 1. The molecule has 2 amide bonds. The van der Waals surface area contributed by atoms with Crippen LogP contribution in [-0.4, -0.2) is 41.3 Å². The van der Waals surface area contributed by atoms with E-state index in [4.69, 9.17) is 4.74 Å². The van der Waals surface area contributed by atoms with Crippen LogP contribution in [0.25, 0.3) is 0 Å². The van der Waals surface area contributed by atoms with Crippen molar-refractivity contribution in [3.05, 3.63) is 30.6 Å². The van der Waals surface area contributed by atoms with E-state index >= 15 is 0 Å².